The first kappa shape index (κ1) is 11.9. The van der Waals surface area contributed by atoms with Gasteiger partial charge >= 0.3 is 6.18 Å². The lowest BCUT2D eigenvalue weighted by Crippen LogP contribution is -2.05. The zero-order valence-corrected chi connectivity index (χ0v) is 9.26. The molecule has 1 aromatic carbocycles. The van der Waals surface area contributed by atoms with E-state index in [0.29, 0.717) is 11.1 Å². The van der Waals surface area contributed by atoms with Crippen molar-refractivity contribution < 1.29 is 13.2 Å². The van der Waals surface area contributed by atoms with E-state index in [1.165, 1.54) is 18.5 Å². The summed E-state index contributed by atoms with van der Waals surface area (Å²) < 4.78 is 37.9. The van der Waals surface area contributed by atoms with E-state index >= 15 is 0 Å². The molecule has 0 atom stereocenters. The molecule has 1 aromatic heterocycles. The van der Waals surface area contributed by atoms with E-state index in [9.17, 15) is 13.2 Å². The Labute approximate surface area is 101 Å². The highest BCUT2D eigenvalue weighted by atomic mass is 35.5. The van der Waals surface area contributed by atoms with Crippen LogP contribution in [0, 0.1) is 0 Å². The summed E-state index contributed by atoms with van der Waals surface area (Å²) in [7, 11) is 0. The summed E-state index contributed by atoms with van der Waals surface area (Å²) in [6, 6.07) is 7.12. The van der Waals surface area contributed by atoms with E-state index in [0.717, 1.165) is 6.07 Å². The topological polar surface area (TPSA) is 12.9 Å². The molecule has 0 aliphatic heterocycles. The van der Waals surface area contributed by atoms with E-state index < -0.39 is 11.7 Å². The SMILES string of the molecule is FC(F)(F)c1cc(-c2ccncc2)ccc1Cl. The van der Waals surface area contributed by atoms with Crippen molar-refractivity contribution in [2.75, 3.05) is 0 Å². The molecule has 17 heavy (non-hydrogen) atoms. The Morgan fingerprint density at radius 1 is 0.941 bits per heavy atom. The molecule has 0 aliphatic carbocycles. The van der Waals surface area contributed by atoms with Crippen molar-refractivity contribution in [3.8, 4) is 11.1 Å². The molecule has 0 spiro atoms. The van der Waals surface area contributed by atoms with Gasteiger partial charge in [0.05, 0.1) is 10.6 Å². The smallest absolute Gasteiger partial charge is 0.265 e. The standard InChI is InChI=1S/C12H7ClF3N/c13-11-2-1-9(7-10(11)12(14,15)16)8-3-5-17-6-4-8/h1-7H. The number of benzene rings is 1. The van der Waals surface area contributed by atoms with Crippen molar-refractivity contribution in [2.45, 2.75) is 6.18 Å². The Morgan fingerprint density at radius 3 is 2.18 bits per heavy atom. The van der Waals surface area contributed by atoms with Crippen molar-refractivity contribution in [2.24, 2.45) is 0 Å². The quantitative estimate of drug-likeness (QED) is 0.737. The van der Waals surface area contributed by atoms with Gasteiger partial charge < -0.3 is 0 Å². The van der Waals surface area contributed by atoms with Gasteiger partial charge in [-0.1, -0.05) is 17.7 Å². The molecule has 5 heteroatoms. The predicted molar refractivity (Wildman–Crippen MR) is 59.7 cm³/mol. The molecule has 0 saturated carbocycles. The zero-order valence-electron chi connectivity index (χ0n) is 8.50. The van der Waals surface area contributed by atoms with E-state index in [2.05, 4.69) is 4.98 Å². The lowest BCUT2D eigenvalue weighted by molar-refractivity contribution is -0.137. The summed E-state index contributed by atoms with van der Waals surface area (Å²) in [5.41, 5.74) is 0.305. The molecule has 0 N–H and O–H groups in total. The average molecular weight is 258 g/mol. The lowest BCUT2D eigenvalue weighted by atomic mass is 10.0. The van der Waals surface area contributed by atoms with E-state index in [4.69, 9.17) is 11.6 Å². The van der Waals surface area contributed by atoms with Gasteiger partial charge in [-0.25, -0.2) is 0 Å². The Hall–Kier alpha value is -1.55. The van der Waals surface area contributed by atoms with Crippen molar-refractivity contribution in [1.82, 2.24) is 4.98 Å². The average Bonchev–Trinajstić information content (AvgIpc) is 2.29. The molecule has 0 bridgehead atoms. The number of rotatable bonds is 1. The third kappa shape index (κ3) is 2.58. The molecule has 0 amide bonds. The minimum atomic E-state index is -4.44. The van der Waals surface area contributed by atoms with E-state index in [-0.39, 0.29) is 5.02 Å². The van der Waals surface area contributed by atoms with Gasteiger partial charge in [0.2, 0.25) is 0 Å². The molecule has 2 rings (SSSR count). The van der Waals surface area contributed by atoms with Crippen molar-refractivity contribution in [3.63, 3.8) is 0 Å². The third-order valence-electron chi connectivity index (χ3n) is 2.29. The zero-order chi connectivity index (χ0) is 12.5. The summed E-state index contributed by atoms with van der Waals surface area (Å²) in [6.45, 7) is 0. The van der Waals surface area contributed by atoms with Crippen LogP contribution < -0.4 is 0 Å². The number of halogens is 4. The van der Waals surface area contributed by atoms with Crippen LogP contribution >= 0.6 is 11.6 Å². The fourth-order valence-corrected chi connectivity index (χ4v) is 1.69. The maximum atomic E-state index is 12.6. The summed E-state index contributed by atoms with van der Waals surface area (Å²) >= 11 is 5.54. The van der Waals surface area contributed by atoms with E-state index in [1.54, 1.807) is 18.2 Å². The van der Waals surface area contributed by atoms with Gasteiger partial charge in [0.15, 0.2) is 0 Å². The highest BCUT2D eigenvalue weighted by Gasteiger charge is 2.33. The highest BCUT2D eigenvalue weighted by Crippen LogP contribution is 2.36. The second kappa shape index (κ2) is 4.37. The minimum Gasteiger partial charge on any atom is -0.265 e. The Balaban J connectivity index is 2.53. The number of aromatic nitrogens is 1. The first-order valence-electron chi connectivity index (χ1n) is 4.75. The number of nitrogens with zero attached hydrogens (tertiary/aromatic N) is 1. The third-order valence-corrected chi connectivity index (χ3v) is 2.62. The van der Waals surface area contributed by atoms with Crippen LogP contribution in [0.15, 0.2) is 42.7 Å². The second-order valence-corrected chi connectivity index (χ2v) is 3.84. The summed E-state index contributed by atoms with van der Waals surface area (Å²) in [5.74, 6) is 0. The van der Waals surface area contributed by atoms with Gasteiger partial charge in [0.25, 0.3) is 0 Å². The van der Waals surface area contributed by atoms with Gasteiger partial charge in [-0.05, 0) is 35.4 Å². The molecule has 1 heterocycles. The van der Waals surface area contributed by atoms with Gasteiger partial charge in [-0.3, -0.25) is 4.98 Å². The van der Waals surface area contributed by atoms with Crippen molar-refractivity contribution in [1.29, 1.82) is 0 Å². The Bertz CT molecular complexity index is 523. The number of hydrogen-bond acceptors (Lipinski definition) is 1. The van der Waals surface area contributed by atoms with Crippen LogP contribution in [0.4, 0.5) is 13.2 Å². The van der Waals surface area contributed by atoms with Gasteiger partial charge in [-0.15, -0.1) is 0 Å². The van der Waals surface area contributed by atoms with Crippen LogP contribution in [0.2, 0.25) is 5.02 Å². The van der Waals surface area contributed by atoms with E-state index in [1.807, 2.05) is 0 Å². The molecule has 0 saturated heterocycles. The normalized spacial score (nSPS) is 11.5. The number of hydrogen-bond donors (Lipinski definition) is 0. The van der Waals surface area contributed by atoms with Crippen LogP contribution in [-0.4, -0.2) is 4.98 Å². The number of pyridine rings is 1. The highest BCUT2D eigenvalue weighted by molar-refractivity contribution is 6.31. The molecule has 88 valence electrons. The summed E-state index contributed by atoms with van der Waals surface area (Å²) in [5, 5.41) is -0.296. The molecule has 0 radical (unpaired) electrons. The van der Waals surface area contributed by atoms with Crippen molar-refractivity contribution >= 4 is 11.6 Å². The fraction of sp³-hybridized carbons (Fsp3) is 0.0833. The molecular weight excluding hydrogens is 251 g/mol. The summed E-state index contributed by atoms with van der Waals surface area (Å²) in [6.07, 6.45) is -1.39. The van der Waals surface area contributed by atoms with Gasteiger partial charge in [0, 0.05) is 12.4 Å². The molecule has 0 unspecified atom stereocenters. The van der Waals surface area contributed by atoms with Crippen LogP contribution in [0.1, 0.15) is 5.56 Å². The van der Waals surface area contributed by atoms with Crippen molar-refractivity contribution in [3.05, 3.63) is 53.3 Å². The van der Waals surface area contributed by atoms with Crippen LogP contribution in [0.5, 0.6) is 0 Å². The van der Waals surface area contributed by atoms with Crippen LogP contribution in [0.3, 0.4) is 0 Å². The van der Waals surface area contributed by atoms with Gasteiger partial charge in [0.1, 0.15) is 0 Å². The lowest BCUT2D eigenvalue weighted by Gasteiger charge is -2.10. The molecule has 0 fully saturated rings. The first-order valence-corrected chi connectivity index (χ1v) is 5.13. The number of alkyl halides is 3. The predicted octanol–water partition coefficient (Wildman–Crippen LogP) is 4.42. The van der Waals surface area contributed by atoms with Gasteiger partial charge in [-0.2, -0.15) is 13.2 Å². The Kier molecular flexibility index (Phi) is 3.07. The fourth-order valence-electron chi connectivity index (χ4n) is 1.47. The monoisotopic (exact) mass is 257 g/mol. The first-order chi connectivity index (χ1) is 7.98. The Morgan fingerprint density at radius 2 is 1.59 bits per heavy atom. The maximum absolute atomic E-state index is 12.6. The largest absolute Gasteiger partial charge is 0.417 e. The molecule has 1 nitrogen and oxygen atoms in total. The van der Waals surface area contributed by atoms with Crippen LogP contribution in [0.25, 0.3) is 11.1 Å². The van der Waals surface area contributed by atoms with Crippen LogP contribution in [-0.2, 0) is 6.18 Å². The maximum Gasteiger partial charge on any atom is 0.417 e. The summed E-state index contributed by atoms with van der Waals surface area (Å²) in [4.78, 5) is 3.81. The molecule has 2 aromatic rings. The second-order valence-electron chi connectivity index (χ2n) is 3.43. The molecular formula is C12H7ClF3N. The molecule has 0 aliphatic rings. The minimum absolute atomic E-state index is 0.296.